The standard InChI is InChI=1S/C15H14Cl3N3O4S/c1-21(2)26(24,25)14-9(17)6-7-11(13(14)22)20-15(23)19-10-5-3-4-8(16)12(10)18/h3-7,22H,1-2H3,(H2,19,20,23). The fourth-order valence-electron chi connectivity index (χ4n) is 1.95. The van der Waals surface area contributed by atoms with Gasteiger partial charge in [0.2, 0.25) is 10.0 Å². The molecule has 0 spiro atoms. The van der Waals surface area contributed by atoms with Crippen LogP contribution in [0, 0.1) is 0 Å². The molecular formula is C15H14Cl3N3O4S. The number of hydrogen-bond acceptors (Lipinski definition) is 4. The van der Waals surface area contributed by atoms with E-state index in [2.05, 4.69) is 10.6 Å². The average molecular weight is 439 g/mol. The maximum absolute atomic E-state index is 12.3. The number of carbonyl (C=O) groups excluding carboxylic acids is 1. The Kier molecular flexibility index (Phi) is 6.25. The van der Waals surface area contributed by atoms with Crippen molar-refractivity contribution in [3.05, 3.63) is 45.4 Å². The van der Waals surface area contributed by atoms with Crippen LogP contribution in [-0.2, 0) is 10.0 Å². The van der Waals surface area contributed by atoms with Gasteiger partial charge in [-0.1, -0.05) is 40.9 Å². The van der Waals surface area contributed by atoms with Crippen molar-refractivity contribution in [2.45, 2.75) is 4.90 Å². The number of halogens is 3. The number of nitrogens with zero attached hydrogens (tertiary/aromatic N) is 1. The fraction of sp³-hybridized carbons (Fsp3) is 0.133. The summed E-state index contributed by atoms with van der Waals surface area (Å²) in [5.41, 5.74) is 0.0942. The lowest BCUT2D eigenvalue weighted by molar-refractivity contribution is 0.262. The Bertz CT molecular complexity index is 965. The van der Waals surface area contributed by atoms with Gasteiger partial charge >= 0.3 is 6.03 Å². The second-order valence-corrected chi connectivity index (χ2v) is 8.52. The van der Waals surface area contributed by atoms with E-state index in [0.29, 0.717) is 0 Å². The molecule has 0 aliphatic heterocycles. The van der Waals surface area contributed by atoms with Gasteiger partial charge in [-0.05, 0) is 24.3 Å². The van der Waals surface area contributed by atoms with Gasteiger partial charge in [0.1, 0.15) is 4.90 Å². The van der Waals surface area contributed by atoms with E-state index in [1.54, 1.807) is 12.1 Å². The van der Waals surface area contributed by atoms with E-state index in [-0.39, 0.29) is 26.4 Å². The van der Waals surface area contributed by atoms with Crippen molar-refractivity contribution in [3.8, 4) is 5.75 Å². The van der Waals surface area contributed by atoms with Crippen LogP contribution in [0.4, 0.5) is 16.2 Å². The zero-order valence-electron chi connectivity index (χ0n) is 13.5. The number of phenols is 1. The first-order valence-corrected chi connectivity index (χ1v) is 9.59. The normalized spacial score (nSPS) is 11.5. The zero-order valence-corrected chi connectivity index (χ0v) is 16.6. The number of sulfonamides is 1. The van der Waals surface area contributed by atoms with Gasteiger partial charge in [0.15, 0.2) is 5.75 Å². The molecule has 0 aliphatic rings. The Labute approximate surface area is 165 Å². The molecule has 7 nitrogen and oxygen atoms in total. The lowest BCUT2D eigenvalue weighted by Gasteiger charge is -2.17. The molecule has 0 aliphatic carbocycles. The number of nitrogens with one attached hydrogen (secondary N) is 2. The lowest BCUT2D eigenvalue weighted by atomic mass is 10.3. The highest BCUT2D eigenvalue weighted by Crippen LogP contribution is 2.38. The first-order valence-electron chi connectivity index (χ1n) is 7.01. The lowest BCUT2D eigenvalue weighted by Crippen LogP contribution is -2.24. The van der Waals surface area contributed by atoms with Crippen molar-refractivity contribution in [3.63, 3.8) is 0 Å². The zero-order chi connectivity index (χ0) is 19.6. The third-order valence-electron chi connectivity index (χ3n) is 3.27. The molecule has 2 amide bonds. The number of anilines is 2. The van der Waals surface area contributed by atoms with Crippen molar-refractivity contribution in [1.82, 2.24) is 4.31 Å². The van der Waals surface area contributed by atoms with E-state index >= 15 is 0 Å². The quantitative estimate of drug-likeness (QED) is 0.622. The first-order chi connectivity index (χ1) is 12.1. The van der Waals surface area contributed by atoms with Crippen molar-refractivity contribution in [2.24, 2.45) is 0 Å². The molecule has 140 valence electrons. The number of phenolic OH excluding ortho intramolecular Hbond substituents is 1. The van der Waals surface area contributed by atoms with Crippen molar-refractivity contribution in [2.75, 3.05) is 24.7 Å². The number of carbonyl (C=O) groups is 1. The summed E-state index contributed by atoms with van der Waals surface area (Å²) in [6, 6.07) is 6.42. The molecule has 0 fully saturated rings. The Morgan fingerprint density at radius 1 is 1.00 bits per heavy atom. The highest BCUT2D eigenvalue weighted by Gasteiger charge is 2.27. The third kappa shape index (κ3) is 4.16. The molecule has 2 aromatic carbocycles. The Morgan fingerprint density at radius 3 is 2.23 bits per heavy atom. The van der Waals surface area contributed by atoms with E-state index in [4.69, 9.17) is 34.8 Å². The Hall–Kier alpha value is -1.71. The van der Waals surface area contributed by atoms with Gasteiger partial charge in [-0.3, -0.25) is 0 Å². The van der Waals surface area contributed by atoms with Gasteiger partial charge < -0.3 is 15.7 Å². The van der Waals surface area contributed by atoms with E-state index < -0.39 is 26.7 Å². The molecule has 11 heteroatoms. The number of hydrogen-bond donors (Lipinski definition) is 3. The van der Waals surface area contributed by atoms with Crippen LogP contribution in [0.15, 0.2) is 35.2 Å². The van der Waals surface area contributed by atoms with Gasteiger partial charge in [0.05, 0.1) is 26.4 Å². The van der Waals surface area contributed by atoms with Crippen molar-refractivity contribution < 1.29 is 18.3 Å². The summed E-state index contributed by atoms with van der Waals surface area (Å²) in [6.45, 7) is 0. The molecule has 0 saturated carbocycles. The minimum absolute atomic E-state index is 0.139. The van der Waals surface area contributed by atoms with Crippen molar-refractivity contribution in [1.29, 1.82) is 0 Å². The van der Waals surface area contributed by atoms with E-state index in [1.807, 2.05) is 0 Å². The fourth-order valence-corrected chi connectivity index (χ4v) is 3.78. The number of rotatable bonds is 4. The van der Waals surface area contributed by atoms with Crippen LogP contribution in [-0.4, -0.2) is 38.0 Å². The molecule has 26 heavy (non-hydrogen) atoms. The van der Waals surface area contributed by atoms with Crippen LogP contribution in [0.25, 0.3) is 0 Å². The van der Waals surface area contributed by atoms with Crippen LogP contribution in [0.1, 0.15) is 0 Å². The van der Waals surface area contributed by atoms with E-state index in [0.717, 1.165) is 4.31 Å². The number of aromatic hydroxyl groups is 1. The molecular weight excluding hydrogens is 425 g/mol. The van der Waals surface area contributed by atoms with Crippen LogP contribution >= 0.6 is 34.8 Å². The van der Waals surface area contributed by atoms with Crippen LogP contribution in [0.2, 0.25) is 15.1 Å². The molecule has 0 bridgehead atoms. The second-order valence-electron chi connectivity index (χ2n) is 5.24. The third-order valence-corrected chi connectivity index (χ3v) is 6.41. The maximum Gasteiger partial charge on any atom is 0.323 e. The van der Waals surface area contributed by atoms with Crippen LogP contribution in [0.5, 0.6) is 5.75 Å². The molecule has 0 unspecified atom stereocenters. The average Bonchev–Trinajstić information content (AvgIpc) is 2.54. The monoisotopic (exact) mass is 437 g/mol. The second kappa shape index (κ2) is 7.89. The number of benzene rings is 2. The first kappa shape index (κ1) is 20.6. The minimum atomic E-state index is -4.03. The molecule has 0 heterocycles. The predicted octanol–water partition coefficient (Wildman–Crippen LogP) is 4.25. The SMILES string of the molecule is CN(C)S(=O)(=O)c1c(Cl)ccc(NC(=O)Nc2cccc(Cl)c2Cl)c1O. The summed E-state index contributed by atoms with van der Waals surface area (Å²) < 4.78 is 25.5. The van der Waals surface area contributed by atoms with E-state index in [9.17, 15) is 18.3 Å². The summed E-state index contributed by atoms with van der Waals surface area (Å²) >= 11 is 17.8. The highest BCUT2D eigenvalue weighted by molar-refractivity contribution is 7.89. The molecule has 2 aromatic rings. The summed E-state index contributed by atoms with van der Waals surface area (Å²) in [4.78, 5) is 11.6. The molecule has 0 radical (unpaired) electrons. The number of amides is 2. The van der Waals surface area contributed by atoms with Crippen LogP contribution in [0.3, 0.4) is 0 Å². The van der Waals surface area contributed by atoms with E-state index in [1.165, 1.54) is 32.3 Å². The van der Waals surface area contributed by atoms with Crippen molar-refractivity contribution >= 4 is 62.2 Å². The minimum Gasteiger partial charge on any atom is -0.504 e. The summed E-state index contributed by atoms with van der Waals surface area (Å²) in [5, 5.41) is 15.3. The van der Waals surface area contributed by atoms with Gasteiger partial charge in [0, 0.05) is 14.1 Å². The largest absolute Gasteiger partial charge is 0.504 e. The smallest absolute Gasteiger partial charge is 0.323 e. The molecule has 0 aromatic heterocycles. The molecule has 3 N–H and O–H groups in total. The summed E-state index contributed by atoms with van der Waals surface area (Å²) in [6.07, 6.45) is 0. The van der Waals surface area contributed by atoms with Gasteiger partial charge in [-0.25, -0.2) is 17.5 Å². The Morgan fingerprint density at radius 2 is 1.62 bits per heavy atom. The topological polar surface area (TPSA) is 98.7 Å². The predicted molar refractivity (Wildman–Crippen MR) is 103 cm³/mol. The van der Waals surface area contributed by atoms with Gasteiger partial charge in [-0.2, -0.15) is 0 Å². The maximum atomic E-state index is 12.3. The molecule has 2 rings (SSSR count). The van der Waals surface area contributed by atoms with Crippen LogP contribution < -0.4 is 10.6 Å². The van der Waals surface area contributed by atoms with Gasteiger partial charge in [-0.15, -0.1) is 0 Å². The highest BCUT2D eigenvalue weighted by atomic mass is 35.5. The summed E-state index contributed by atoms with van der Waals surface area (Å²) in [7, 11) is -1.45. The molecule has 0 saturated heterocycles. The summed E-state index contributed by atoms with van der Waals surface area (Å²) in [5.74, 6) is -0.682. The molecule has 0 atom stereocenters. The number of urea groups is 1. The van der Waals surface area contributed by atoms with Gasteiger partial charge in [0.25, 0.3) is 0 Å². The Balaban J connectivity index is 2.33.